The van der Waals surface area contributed by atoms with Crippen LogP contribution in [0, 0.1) is 0 Å². The van der Waals surface area contributed by atoms with E-state index in [1.165, 1.54) is 17.7 Å². The van der Waals surface area contributed by atoms with Crippen molar-refractivity contribution >= 4 is 43.6 Å². The molecule has 0 saturated heterocycles. The molecule has 0 N–H and O–H groups in total. The Kier molecular flexibility index (Phi) is 7.53. The van der Waals surface area contributed by atoms with Crippen LogP contribution in [0.5, 0.6) is 0 Å². The first-order valence-corrected chi connectivity index (χ1v) is 23.6. The van der Waals surface area contributed by atoms with Crippen LogP contribution >= 0.6 is 0 Å². The second-order valence-corrected chi connectivity index (χ2v) is 34.0. The average molecular weight is 407 g/mol. The van der Waals surface area contributed by atoms with E-state index in [2.05, 4.69) is 89.8 Å². The largest absolute Gasteiger partial charge is 0.0985 e. The maximum Gasteiger partial charge on any atom is 0.0813 e. The van der Waals surface area contributed by atoms with Crippen molar-refractivity contribution in [1.82, 2.24) is 0 Å². The quantitative estimate of drug-likeness (QED) is 0.384. The summed E-state index contributed by atoms with van der Waals surface area (Å²) in [7, 11) is -4.71. The zero-order valence-electron chi connectivity index (χ0n) is 18.4. The van der Waals surface area contributed by atoms with Gasteiger partial charge in [0, 0.05) is 24.2 Å². The van der Waals surface area contributed by atoms with Crippen LogP contribution in [0.3, 0.4) is 0 Å². The third kappa shape index (κ3) is 8.37. The van der Waals surface area contributed by atoms with Gasteiger partial charge in [0.1, 0.15) is 0 Å². The van der Waals surface area contributed by atoms with Gasteiger partial charge in [-0.25, -0.2) is 0 Å². The van der Waals surface area contributed by atoms with Crippen LogP contribution in [-0.4, -0.2) is 32.3 Å². The third-order valence-electron chi connectivity index (χ3n) is 4.85. The van der Waals surface area contributed by atoms with E-state index in [1.54, 1.807) is 16.5 Å². The summed E-state index contributed by atoms with van der Waals surface area (Å²) in [5, 5.41) is 1.74. The molecule has 1 aromatic rings. The molecule has 25 heavy (non-hydrogen) atoms. The lowest BCUT2D eigenvalue weighted by Crippen LogP contribution is -2.57. The Morgan fingerprint density at radius 1 is 0.680 bits per heavy atom. The zero-order chi connectivity index (χ0) is 19.5. The van der Waals surface area contributed by atoms with Crippen molar-refractivity contribution in [2.24, 2.45) is 0 Å². The van der Waals surface area contributed by atoms with Crippen molar-refractivity contribution < 1.29 is 0 Å². The molecule has 0 nitrogen and oxygen atoms in total. The third-order valence-corrected chi connectivity index (χ3v) is 23.8. The summed E-state index contributed by atoms with van der Waals surface area (Å²) in [6, 6.07) is 12.6. The lowest BCUT2D eigenvalue weighted by molar-refractivity contribution is 1.25. The van der Waals surface area contributed by atoms with Crippen LogP contribution in [-0.2, 0) is 0 Å². The molecule has 0 fully saturated rings. The highest BCUT2D eigenvalue weighted by Gasteiger charge is 2.42. The van der Waals surface area contributed by atoms with E-state index in [9.17, 15) is 0 Å². The molecule has 4 heteroatoms. The zero-order valence-corrected chi connectivity index (χ0v) is 22.4. The molecule has 0 unspecified atom stereocenters. The summed E-state index contributed by atoms with van der Waals surface area (Å²) in [6.45, 7) is 27.1. The summed E-state index contributed by atoms with van der Waals surface area (Å²) < 4.78 is 0. The van der Waals surface area contributed by atoms with Gasteiger partial charge in [-0.3, -0.25) is 0 Å². The minimum atomic E-state index is -1.46. The maximum absolute atomic E-state index is 3.94. The van der Waals surface area contributed by atoms with Crippen LogP contribution in [0.1, 0.15) is 5.56 Å². The predicted octanol–water partition coefficient (Wildman–Crippen LogP) is 7.08. The van der Waals surface area contributed by atoms with Gasteiger partial charge in [-0.2, -0.15) is 0 Å². The van der Waals surface area contributed by atoms with Gasteiger partial charge in [0.15, 0.2) is 0 Å². The molecular formula is C21H42Si4. The van der Waals surface area contributed by atoms with Crippen LogP contribution in [0.4, 0.5) is 0 Å². The van der Waals surface area contributed by atoms with Gasteiger partial charge in [0.2, 0.25) is 0 Å². The Morgan fingerprint density at radius 2 is 1.12 bits per heavy atom. The molecule has 142 valence electrons. The highest BCUT2D eigenvalue weighted by Crippen LogP contribution is 2.34. The number of hydrogen-bond acceptors (Lipinski definition) is 0. The molecule has 0 aliphatic carbocycles. The molecule has 1 aromatic carbocycles. The Labute approximate surface area is 162 Å². The molecule has 0 heterocycles. The second kappa shape index (κ2) is 8.24. The highest BCUT2D eigenvalue weighted by molar-refractivity contribution is 7.09. The normalized spacial score (nSPS) is 13.8. The monoisotopic (exact) mass is 406 g/mol. The van der Waals surface area contributed by atoms with Gasteiger partial charge in [-0.05, 0) is 5.56 Å². The molecule has 0 saturated carbocycles. The molecule has 0 aliphatic rings. The van der Waals surface area contributed by atoms with E-state index < -0.39 is 32.3 Å². The lowest BCUT2D eigenvalue weighted by Gasteiger charge is -2.42. The summed E-state index contributed by atoms with van der Waals surface area (Å²) in [5.41, 5.74) is 4.38. The Balaban J connectivity index is 3.41. The number of hydrogen-bond donors (Lipinski definition) is 0. The fraction of sp³-hybridized carbons (Fsp3) is 0.619. The lowest BCUT2D eigenvalue weighted by atomic mass is 10.2. The van der Waals surface area contributed by atoms with Crippen LogP contribution in [0.25, 0.3) is 6.08 Å². The molecule has 0 aliphatic heterocycles. The molecule has 0 bridgehead atoms. The van der Waals surface area contributed by atoms with Crippen molar-refractivity contribution in [2.45, 2.75) is 82.3 Å². The van der Waals surface area contributed by atoms with Gasteiger partial charge in [0.25, 0.3) is 0 Å². The van der Waals surface area contributed by atoms with E-state index >= 15 is 0 Å². The van der Waals surface area contributed by atoms with Crippen molar-refractivity contribution in [3.8, 4) is 0 Å². The van der Waals surface area contributed by atoms with Crippen LogP contribution in [0.2, 0.25) is 82.3 Å². The number of benzene rings is 1. The topological polar surface area (TPSA) is 0 Å². The van der Waals surface area contributed by atoms with Gasteiger partial charge in [-0.15, -0.1) is 0 Å². The van der Waals surface area contributed by atoms with Crippen molar-refractivity contribution in [3.63, 3.8) is 0 Å². The van der Waals surface area contributed by atoms with Crippen molar-refractivity contribution in [3.05, 3.63) is 36.4 Å². The summed E-state index contributed by atoms with van der Waals surface area (Å²) >= 11 is 0. The smallest absolute Gasteiger partial charge is 0.0813 e. The van der Waals surface area contributed by atoms with E-state index in [1.807, 2.05) is 6.08 Å². The average Bonchev–Trinajstić information content (AvgIpc) is 2.41. The van der Waals surface area contributed by atoms with E-state index in [-0.39, 0.29) is 0 Å². The highest BCUT2D eigenvalue weighted by atomic mass is 28.4. The molecule has 0 radical (unpaired) electrons. The van der Waals surface area contributed by atoms with Crippen molar-refractivity contribution in [1.29, 1.82) is 0 Å². The van der Waals surface area contributed by atoms with E-state index in [4.69, 9.17) is 0 Å². The van der Waals surface area contributed by atoms with Gasteiger partial charge < -0.3 is 0 Å². The Hall–Kier alpha value is -0.172. The Morgan fingerprint density at radius 3 is 1.44 bits per heavy atom. The predicted molar refractivity (Wildman–Crippen MR) is 131 cm³/mol. The standard InChI is InChI=1S/C21H42Si4/c1-11-20-12-14-21(15-13-20)25(18-23(5,6)7,19-24(8,9)10)17-16-22(2,3)4/h11-15H,1,16-19H2,2-10H3. The van der Waals surface area contributed by atoms with Crippen LogP contribution in [0.15, 0.2) is 30.8 Å². The molecule has 1 rings (SSSR count). The minimum Gasteiger partial charge on any atom is -0.0985 e. The fourth-order valence-electron chi connectivity index (χ4n) is 4.21. The maximum atomic E-state index is 3.94. The van der Waals surface area contributed by atoms with Crippen molar-refractivity contribution in [2.75, 3.05) is 0 Å². The van der Waals surface area contributed by atoms with Gasteiger partial charge >= 0.3 is 0 Å². The second-order valence-electron chi connectivity index (χ2n) is 11.6. The summed E-state index contributed by atoms with van der Waals surface area (Å²) in [5.74, 6) is 0. The molecular weight excluding hydrogens is 365 g/mol. The molecule has 0 amide bonds. The first-order chi connectivity index (χ1) is 11.2. The first-order valence-electron chi connectivity index (χ1n) is 9.89. The molecule has 0 atom stereocenters. The van der Waals surface area contributed by atoms with E-state index in [0.717, 1.165) is 0 Å². The minimum absolute atomic E-state index is 1.02. The first kappa shape index (κ1) is 22.9. The van der Waals surface area contributed by atoms with Crippen LogP contribution < -0.4 is 5.19 Å². The van der Waals surface area contributed by atoms with Gasteiger partial charge in [0.05, 0.1) is 8.07 Å². The molecule has 0 aromatic heterocycles. The summed E-state index contributed by atoms with van der Waals surface area (Å²) in [4.78, 5) is 0. The fourth-order valence-corrected chi connectivity index (χ4v) is 31.2. The Bertz CT molecular complexity index is 538. The number of rotatable bonds is 9. The van der Waals surface area contributed by atoms with Gasteiger partial charge in [-0.1, -0.05) is 124 Å². The summed E-state index contributed by atoms with van der Waals surface area (Å²) in [6.07, 6.45) is 1.98. The SMILES string of the molecule is C=Cc1ccc([Si](CC[Si](C)(C)C)(C[Si](C)(C)C)C[Si](C)(C)C)cc1. The van der Waals surface area contributed by atoms with E-state index in [0.29, 0.717) is 0 Å². The molecule has 0 spiro atoms.